The molecule has 2 aromatic rings. The summed E-state index contributed by atoms with van der Waals surface area (Å²) in [6.07, 6.45) is 1.93. The third kappa shape index (κ3) is 4.63. The summed E-state index contributed by atoms with van der Waals surface area (Å²) in [6.45, 7) is 5.93. The van der Waals surface area contributed by atoms with Crippen molar-refractivity contribution in [1.82, 2.24) is 19.6 Å². The van der Waals surface area contributed by atoms with E-state index in [-0.39, 0.29) is 11.2 Å². The van der Waals surface area contributed by atoms with E-state index in [0.717, 1.165) is 14.5 Å². The molecule has 1 atom stereocenters. The van der Waals surface area contributed by atoms with Crippen LogP contribution in [0.1, 0.15) is 31.7 Å². The fourth-order valence-electron chi connectivity index (χ4n) is 1.26. The Kier molecular flexibility index (Phi) is 5.97. The van der Waals surface area contributed by atoms with Crippen LogP contribution < -0.4 is 5.32 Å². The van der Waals surface area contributed by atoms with E-state index in [1.165, 1.54) is 46.4 Å². The molecule has 0 saturated carbocycles. The molecule has 1 amide bonds. The first-order valence-electron chi connectivity index (χ1n) is 6.18. The number of nitrogens with zero attached hydrogens (tertiary/aromatic N) is 4. The highest BCUT2D eigenvalue weighted by molar-refractivity contribution is 8.02. The van der Waals surface area contributed by atoms with Crippen molar-refractivity contribution < 1.29 is 4.79 Å². The van der Waals surface area contributed by atoms with Crippen LogP contribution in [-0.4, -0.2) is 37.0 Å². The summed E-state index contributed by atoms with van der Waals surface area (Å²) in [5.74, 6) is 0.207. The number of carbonyl (C=O) groups is 1. The molecule has 21 heavy (non-hydrogen) atoms. The van der Waals surface area contributed by atoms with Gasteiger partial charge in [-0.15, -0.1) is 10.2 Å². The lowest BCUT2D eigenvalue weighted by Crippen LogP contribution is -2.22. The van der Waals surface area contributed by atoms with E-state index in [1.807, 2.05) is 27.0 Å². The Bertz CT molecular complexity index is 611. The molecule has 2 heterocycles. The number of thioether (sulfide) groups is 2. The SMILES string of the molecule is CSc1nsc(SC(C)C(=O)Nc2nnc(C(C)C)s2)n1. The van der Waals surface area contributed by atoms with Crippen molar-refractivity contribution in [2.24, 2.45) is 0 Å². The third-order valence-electron chi connectivity index (χ3n) is 2.38. The van der Waals surface area contributed by atoms with Gasteiger partial charge < -0.3 is 0 Å². The van der Waals surface area contributed by atoms with Crippen molar-refractivity contribution in [3.8, 4) is 0 Å². The van der Waals surface area contributed by atoms with Gasteiger partial charge in [-0.25, -0.2) is 4.98 Å². The van der Waals surface area contributed by atoms with Crippen LogP contribution in [0.15, 0.2) is 9.50 Å². The van der Waals surface area contributed by atoms with Crippen LogP contribution in [0.2, 0.25) is 0 Å². The summed E-state index contributed by atoms with van der Waals surface area (Å²) in [5.41, 5.74) is 0. The van der Waals surface area contributed by atoms with Gasteiger partial charge in [0.15, 0.2) is 4.34 Å². The van der Waals surface area contributed by atoms with Gasteiger partial charge in [-0.1, -0.05) is 48.7 Å². The average Bonchev–Trinajstić information content (AvgIpc) is 3.07. The van der Waals surface area contributed by atoms with E-state index in [4.69, 9.17) is 0 Å². The first kappa shape index (κ1) is 16.7. The molecular weight excluding hydrogens is 346 g/mol. The Morgan fingerprint density at radius 1 is 1.29 bits per heavy atom. The Balaban J connectivity index is 1.92. The predicted octanol–water partition coefficient (Wildman–Crippen LogP) is 3.35. The van der Waals surface area contributed by atoms with E-state index in [0.29, 0.717) is 11.0 Å². The van der Waals surface area contributed by atoms with Crippen molar-refractivity contribution in [3.63, 3.8) is 0 Å². The summed E-state index contributed by atoms with van der Waals surface area (Å²) in [4.78, 5) is 16.4. The minimum absolute atomic E-state index is 0.104. The first-order chi connectivity index (χ1) is 9.99. The molecule has 0 aromatic carbocycles. The van der Waals surface area contributed by atoms with Crippen molar-refractivity contribution in [1.29, 1.82) is 0 Å². The molecule has 0 spiro atoms. The van der Waals surface area contributed by atoms with E-state index < -0.39 is 0 Å². The summed E-state index contributed by atoms with van der Waals surface area (Å²) < 4.78 is 4.97. The highest BCUT2D eigenvalue weighted by Gasteiger charge is 2.19. The zero-order chi connectivity index (χ0) is 15.4. The number of nitrogens with one attached hydrogen (secondary N) is 1. The van der Waals surface area contributed by atoms with E-state index in [2.05, 4.69) is 24.9 Å². The summed E-state index contributed by atoms with van der Waals surface area (Å²) in [6, 6.07) is 0. The molecule has 6 nitrogen and oxygen atoms in total. The van der Waals surface area contributed by atoms with E-state index in [9.17, 15) is 4.79 Å². The smallest absolute Gasteiger partial charge is 0.239 e. The lowest BCUT2D eigenvalue weighted by molar-refractivity contribution is -0.115. The minimum atomic E-state index is -0.265. The van der Waals surface area contributed by atoms with Crippen LogP contribution >= 0.6 is 46.4 Å². The molecule has 0 bridgehead atoms. The molecule has 0 fully saturated rings. The number of hydrogen-bond acceptors (Lipinski definition) is 9. The van der Waals surface area contributed by atoms with Crippen molar-refractivity contribution in [3.05, 3.63) is 5.01 Å². The summed E-state index contributed by atoms with van der Waals surface area (Å²) in [5, 5.41) is 12.8. The second kappa shape index (κ2) is 7.52. The molecule has 0 aliphatic heterocycles. The number of amides is 1. The number of aromatic nitrogens is 4. The molecule has 1 N–H and O–H groups in total. The monoisotopic (exact) mass is 361 g/mol. The van der Waals surface area contributed by atoms with Crippen molar-refractivity contribution in [2.45, 2.75) is 41.4 Å². The van der Waals surface area contributed by atoms with Gasteiger partial charge >= 0.3 is 0 Å². The fraction of sp³-hybridized carbons (Fsp3) is 0.545. The minimum Gasteiger partial charge on any atom is -0.300 e. The van der Waals surface area contributed by atoms with Gasteiger partial charge in [0.25, 0.3) is 0 Å². The van der Waals surface area contributed by atoms with Gasteiger partial charge in [0.05, 0.1) is 5.25 Å². The predicted molar refractivity (Wildman–Crippen MR) is 89.6 cm³/mol. The van der Waals surface area contributed by atoms with Gasteiger partial charge in [-0.2, -0.15) is 4.37 Å². The zero-order valence-electron chi connectivity index (χ0n) is 12.0. The number of hydrogen-bond donors (Lipinski definition) is 1. The van der Waals surface area contributed by atoms with Crippen LogP contribution in [0.3, 0.4) is 0 Å². The average molecular weight is 362 g/mol. The Hall–Kier alpha value is -0.710. The largest absolute Gasteiger partial charge is 0.300 e. The number of carbonyl (C=O) groups excluding carboxylic acids is 1. The second-order valence-corrected chi connectivity index (χ2v) is 8.52. The standard InChI is InChI=1S/C11H15N5OS4/c1-5(2)8-14-15-9(20-8)12-7(17)6(3)19-11-13-10(18-4)16-21-11/h5-6H,1-4H3,(H,12,15,17). The highest BCUT2D eigenvalue weighted by Crippen LogP contribution is 2.28. The van der Waals surface area contributed by atoms with Crippen LogP contribution in [-0.2, 0) is 4.79 Å². The normalized spacial score (nSPS) is 12.6. The van der Waals surface area contributed by atoms with Gasteiger partial charge in [-0.3, -0.25) is 10.1 Å². The topological polar surface area (TPSA) is 80.7 Å². The van der Waals surface area contributed by atoms with Gasteiger partial charge in [0.1, 0.15) is 5.01 Å². The third-order valence-corrected chi connectivity index (χ3v) is 6.07. The summed E-state index contributed by atoms with van der Waals surface area (Å²) in [7, 11) is 0. The first-order valence-corrected chi connectivity index (χ1v) is 9.87. The van der Waals surface area contributed by atoms with Crippen LogP contribution in [0.4, 0.5) is 5.13 Å². The van der Waals surface area contributed by atoms with Crippen molar-refractivity contribution in [2.75, 3.05) is 11.6 Å². The molecule has 0 saturated heterocycles. The molecule has 10 heteroatoms. The maximum atomic E-state index is 12.1. The number of anilines is 1. The van der Waals surface area contributed by atoms with E-state index >= 15 is 0 Å². The Morgan fingerprint density at radius 3 is 2.62 bits per heavy atom. The van der Waals surface area contributed by atoms with Crippen LogP contribution in [0.25, 0.3) is 0 Å². The zero-order valence-corrected chi connectivity index (χ0v) is 15.3. The molecule has 2 aromatic heterocycles. The van der Waals surface area contributed by atoms with Crippen LogP contribution in [0.5, 0.6) is 0 Å². The lowest BCUT2D eigenvalue weighted by Gasteiger charge is -2.07. The Morgan fingerprint density at radius 2 is 2.05 bits per heavy atom. The number of rotatable bonds is 6. The van der Waals surface area contributed by atoms with E-state index in [1.54, 1.807) is 0 Å². The second-order valence-electron chi connectivity index (χ2n) is 4.40. The summed E-state index contributed by atoms with van der Waals surface area (Å²) >= 11 is 5.61. The molecule has 0 aliphatic rings. The molecule has 114 valence electrons. The van der Waals surface area contributed by atoms with Crippen LogP contribution in [0, 0.1) is 0 Å². The highest BCUT2D eigenvalue weighted by atomic mass is 32.2. The molecule has 0 radical (unpaired) electrons. The fourth-order valence-corrected chi connectivity index (χ4v) is 4.36. The molecule has 2 rings (SSSR count). The maximum absolute atomic E-state index is 12.1. The van der Waals surface area contributed by atoms with Gasteiger partial charge in [0, 0.05) is 5.92 Å². The Labute approximate surface area is 139 Å². The quantitative estimate of drug-likeness (QED) is 0.790. The van der Waals surface area contributed by atoms with Gasteiger partial charge in [-0.05, 0) is 24.7 Å². The molecule has 0 aliphatic carbocycles. The molecule has 1 unspecified atom stereocenters. The lowest BCUT2D eigenvalue weighted by atomic mass is 10.2. The van der Waals surface area contributed by atoms with Crippen molar-refractivity contribution >= 4 is 57.4 Å². The maximum Gasteiger partial charge on any atom is 0.239 e. The van der Waals surface area contributed by atoms with Gasteiger partial charge in [0.2, 0.25) is 16.2 Å². The molecular formula is C11H15N5OS4.